The number of guanidine groups is 1. The minimum absolute atomic E-state index is 0. The zero-order valence-corrected chi connectivity index (χ0v) is 20.7. The van der Waals surface area contributed by atoms with Crippen LogP contribution in [-0.2, 0) is 16.1 Å². The van der Waals surface area contributed by atoms with Gasteiger partial charge in [-0.1, -0.05) is 28.1 Å². The number of benzene rings is 1. The summed E-state index contributed by atoms with van der Waals surface area (Å²) in [6.45, 7) is 2.49. The van der Waals surface area contributed by atoms with Gasteiger partial charge in [0.2, 0.25) is 5.91 Å². The van der Waals surface area contributed by atoms with Crippen LogP contribution in [0.4, 0.5) is 0 Å². The third kappa shape index (κ3) is 10.1. The molecule has 1 saturated heterocycles. The number of likely N-dealkylation sites (N-methyl/N-ethyl adjacent to an activating group) is 1. The lowest BCUT2D eigenvalue weighted by atomic mass is 10.0. The first-order chi connectivity index (χ1) is 13.0. The van der Waals surface area contributed by atoms with E-state index in [0.29, 0.717) is 18.6 Å². The Labute approximate surface area is 194 Å². The molecule has 2 N–H and O–H groups in total. The van der Waals surface area contributed by atoms with Crippen molar-refractivity contribution in [2.75, 3.05) is 33.8 Å². The molecule has 0 saturated carbocycles. The lowest BCUT2D eigenvalue weighted by molar-refractivity contribution is -0.127. The maximum absolute atomic E-state index is 11.9. The van der Waals surface area contributed by atoms with Gasteiger partial charge < -0.3 is 20.3 Å². The number of aliphatic imine (C=N–C) groups is 1. The van der Waals surface area contributed by atoms with Gasteiger partial charge in [-0.15, -0.1) is 24.0 Å². The predicted molar refractivity (Wildman–Crippen MR) is 128 cm³/mol. The Morgan fingerprint density at radius 2 is 2.00 bits per heavy atom. The fourth-order valence-corrected chi connectivity index (χ4v) is 3.09. The third-order valence-electron chi connectivity index (χ3n) is 4.51. The SMILES string of the molecule is CN(C)C(=O)CNC(=NCc1ccc(Br)cc1)NCCCC1CCCCO1.I. The van der Waals surface area contributed by atoms with Crippen molar-refractivity contribution in [1.82, 2.24) is 15.5 Å². The predicted octanol–water partition coefficient (Wildman–Crippen LogP) is 3.54. The molecular formula is C20H32BrIN4O2. The molecule has 0 aliphatic carbocycles. The van der Waals surface area contributed by atoms with Crippen molar-refractivity contribution < 1.29 is 9.53 Å². The van der Waals surface area contributed by atoms with Gasteiger partial charge in [-0.05, 0) is 49.8 Å². The van der Waals surface area contributed by atoms with E-state index in [0.717, 1.165) is 36.0 Å². The maximum atomic E-state index is 11.9. The molecule has 1 aromatic rings. The summed E-state index contributed by atoms with van der Waals surface area (Å²) in [5.74, 6) is 0.682. The molecular weight excluding hydrogens is 535 g/mol. The van der Waals surface area contributed by atoms with Gasteiger partial charge in [0.15, 0.2) is 5.96 Å². The molecule has 158 valence electrons. The number of rotatable bonds is 8. The van der Waals surface area contributed by atoms with Crippen LogP contribution in [0.5, 0.6) is 0 Å². The second-order valence-electron chi connectivity index (χ2n) is 6.99. The van der Waals surface area contributed by atoms with Gasteiger partial charge >= 0.3 is 0 Å². The van der Waals surface area contributed by atoms with Gasteiger partial charge in [-0.25, -0.2) is 4.99 Å². The number of nitrogens with one attached hydrogen (secondary N) is 2. The molecule has 0 bridgehead atoms. The molecule has 0 aromatic heterocycles. The van der Waals surface area contributed by atoms with E-state index in [4.69, 9.17) is 4.74 Å². The second kappa shape index (κ2) is 14.2. The first kappa shape index (κ1) is 25.2. The number of hydrogen-bond acceptors (Lipinski definition) is 3. The van der Waals surface area contributed by atoms with E-state index in [-0.39, 0.29) is 36.4 Å². The fraction of sp³-hybridized carbons (Fsp3) is 0.600. The summed E-state index contributed by atoms with van der Waals surface area (Å²) in [4.78, 5) is 18.0. The Kier molecular flexibility index (Phi) is 12.7. The standard InChI is InChI=1S/C20H31BrN4O2.HI/c1-25(2)19(26)15-24-20(23-14-16-8-10-17(21)11-9-16)22-12-5-7-18-6-3-4-13-27-18;/h8-11,18H,3-7,12-15H2,1-2H3,(H2,22,23,24);1H. The molecule has 1 amide bonds. The molecule has 1 aliphatic rings. The highest BCUT2D eigenvalue weighted by atomic mass is 127. The van der Waals surface area contributed by atoms with Crippen molar-refractivity contribution in [2.45, 2.75) is 44.8 Å². The van der Waals surface area contributed by atoms with E-state index in [2.05, 4.69) is 31.6 Å². The zero-order valence-electron chi connectivity index (χ0n) is 16.7. The molecule has 1 fully saturated rings. The molecule has 1 unspecified atom stereocenters. The molecule has 6 nitrogen and oxygen atoms in total. The summed E-state index contributed by atoms with van der Waals surface area (Å²) in [6, 6.07) is 8.09. The highest BCUT2D eigenvalue weighted by molar-refractivity contribution is 14.0. The monoisotopic (exact) mass is 566 g/mol. The highest BCUT2D eigenvalue weighted by Gasteiger charge is 2.13. The summed E-state index contributed by atoms with van der Waals surface area (Å²) in [6.07, 6.45) is 6.10. The van der Waals surface area contributed by atoms with Gasteiger partial charge in [0.1, 0.15) is 0 Å². The van der Waals surface area contributed by atoms with E-state index >= 15 is 0 Å². The van der Waals surface area contributed by atoms with Gasteiger partial charge in [0, 0.05) is 31.7 Å². The van der Waals surface area contributed by atoms with E-state index < -0.39 is 0 Å². The quantitative estimate of drug-likeness (QED) is 0.219. The number of amides is 1. The molecule has 1 heterocycles. The van der Waals surface area contributed by atoms with Crippen LogP contribution in [0.1, 0.15) is 37.7 Å². The normalized spacial score (nSPS) is 16.8. The third-order valence-corrected chi connectivity index (χ3v) is 5.04. The zero-order chi connectivity index (χ0) is 19.5. The van der Waals surface area contributed by atoms with Gasteiger partial charge in [-0.2, -0.15) is 0 Å². The molecule has 2 rings (SSSR count). The molecule has 1 aromatic carbocycles. The molecule has 8 heteroatoms. The Bertz CT molecular complexity index is 605. The van der Waals surface area contributed by atoms with Crippen LogP contribution in [0, 0.1) is 0 Å². The van der Waals surface area contributed by atoms with Crippen molar-refractivity contribution in [2.24, 2.45) is 4.99 Å². The summed E-state index contributed by atoms with van der Waals surface area (Å²) in [7, 11) is 3.50. The number of carbonyl (C=O) groups is 1. The van der Waals surface area contributed by atoms with E-state index in [9.17, 15) is 4.79 Å². The molecule has 1 aliphatic heterocycles. The number of nitrogens with zero attached hydrogens (tertiary/aromatic N) is 2. The average molecular weight is 567 g/mol. The van der Waals surface area contributed by atoms with E-state index in [1.54, 1.807) is 19.0 Å². The van der Waals surface area contributed by atoms with Crippen molar-refractivity contribution in [3.8, 4) is 0 Å². The van der Waals surface area contributed by atoms with Crippen molar-refractivity contribution in [1.29, 1.82) is 0 Å². The van der Waals surface area contributed by atoms with Crippen molar-refractivity contribution in [3.05, 3.63) is 34.3 Å². The number of halogens is 2. The first-order valence-corrected chi connectivity index (χ1v) is 10.4. The summed E-state index contributed by atoms with van der Waals surface area (Å²) in [5, 5.41) is 6.47. The van der Waals surface area contributed by atoms with Gasteiger partial charge in [0.25, 0.3) is 0 Å². The van der Waals surface area contributed by atoms with Crippen molar-refractivity contribution >= 4 is 51.8 Å². The highest BCUT2D eigenvalue weighted by Crippen LogP contribution is 2.16. The molecule has 28 heavy (non-hydrogen) atoms. The van der Waals surface area contributed by atoms with Crippen LogP contribution in [0.15, 0.2) is 33.7 Å². The smallest absolute Gasteiger partial charge is 0.241 e. The molecule has 0 spiro atoms. The Hall–Kier alpha value is -0.870. The maximum Gasteiger partial charge on any atom is 0.241 e. The minimum atomic E-state index is 0. The second-order valence-corrected chi connectivity index (χ2v) is 7.91. The van der Waals surface area contributed by atoms with Crippen LogP contribution in [0.3, 0.4) is 0 Å². The Morgan fingerprint density at radius 1 is 1.25 bits per heavy atom. The number of carbonyl (C=O) groups excluding carboxylic acids is 1. The number of ether oxygens (including phenoxy) is 1. The summed E-state index contributed by atoms with van der Waals surface area (Å²) in [5.41, 5.74) is 1.12. The Balaban J connectivity index is 0.00000392. The average Bonchev–Trinajstić information content (AvgIpc) is 2.68. The van der Waals surface area contributed by atoms with Crippen LogP contribution >= 0.6 is 39.9 Å². The topological polar surface area (TPSA) is 66.0 Å². The van der Waals surface area contributed by atoms with Crippen LogP contribution in [-0.4, -0.2) is 56.7 Å². The summed E-state index contributed by atoms with van der Waals surface area (Å²) >= 11 is 3.44. The fourth-order valence-electron chi connectivity index (χ4n) is 2.82. The lowest BCUT2D eigenvalue weighted by Gasteiger charge is -2.22. The van der Waals surface area contributed by atoms with E-state index in [1.807, 2.05) is 24.3 Å². The van der Waals surface area contributed by atoms with Crippen LogP contribution < -0.4 is 10.6 Å². The van der Waals surface area contributed by atoms with Crippen LogP contribution in [0.25, 0.3) is 0 Å². The van der Waals surface area contributed by atoms with Crippen molar-refractivity contribution in [3.63, 3.8) is 0 Å². The number of hydrogen-bond donors (Lipinski definition) is 2. The molecule has 0 radical (unpaired) electrons. The van der Waals surface area contributed by atoms with Gasteiger partial charge in [0.05, 0.1) is 19.2 Å². The van der Waals surface area contributed by atoms with E-state index in [1.165, 1.54) is 19.3 Å². The first-order valence-electron chi connectivity index (χ1n) is 9.63. The van der Waals surface area contributed by atoms with Gasteiger partial charge in [-0.3, -0.25) is 4.79 Å². The largest absolute Gasteiger partial charge is 0.378 e. The Morgan fingerprint density at radius 3 is 2.64 bits per heavy atom. The minimum Gasteiger partial charge on any atom is -0.378 e. The van der Waals surface area contributed by atoms with Crippen LogP contribution in [0.2, 0.25) is 0 Å². The molecule has 1 atom stereocenters. The summed E-state index contributed by atoms with van der Waals surface area (Å²) < 4.78 is 6.83. The lowest BCUT2D eigenvalue weighted by Crippen LogP contribution is -2.43.